The van der Waals surface area contributed by atoms with E-state index in [0.29, 0.717) is 25.0 Å². The number of rotatable bonds is 6. The molecule has 1 saturated heterocycles. The van der Waals surface area contributed by atoms with Crippen molar-refractivity contribution in [2.45, 2.75) is 32.4 Å². The van der Waals surface area contributed by atoms with E-state index < -0.39 is 0 Å². The maximum atomic E-state index is 12.2. The van der Waals surface area contributed by atoms with E-state index >= 15 is 0 Å². The maximum Gasteiger partial charge on any atom is 0.224 e. The number of amides is 1. The number of hydrogen-bond acceptors (Lipinski definition) is 3. The largest absolute Gasteiger partial charge is 0.384 e. The quantitative estimate of drug-likeness (QED) is 0.809. The average Bonchev–Trinajstić information content (AvgIpc) is 2.53. The summed E-state index contributed by atoms with van der Waals surface area (Å²) in [5.41, 5.74) is 1.36. The Bertz CT molecular complexity index is 463. The number of nitrogens with zero attached hydrogens (tertiary/aromatic N) is 2. The van der Waals surface area contributed by atoms with Crippen molar-refractivity contribution in [3.63, 3.8) is 0 Å². The first-order chi connectivity index (χ1) is 10.6. The van der Waals surface area contributed by atoms with Gasteiger partial charge in [0, 0.05) is 39.8 Å². The number of hydrogen-bond donors (Lipinski definition) is 0. The van der Waals surface area contributed by atoms with Crippen molar-refractivity contribution in [2.75, 3.05) is 33.9 Å². The van der Waals surface area contributed by atoms with E-state index in [1.807, 2.05) is 11.9 Å². The number of ether oxygens (including phenoxy) is 1. The Morgan fingerprint density at radius 3 is 2.73 bits per heavy atom. The first-order valence-electron chi connectivity index (χ1n) is 8.12. The Labute approximate surface area is 134 Å². The molecule has 22 heavy (non-hydrogen) atoms. The van der Waals surface area contributed by atoms with Crippen LogP contribution in [0.5, 0.6) is 0 Å². The summed E-state index contributed by atoms with van der Waals surface area (Å²) in [5.74, 6) is 0.684. The third-order valence-electron chi connectivity index (χ3n) is 4.60. The molecule has 1 heterocycles. The van der Waals surface area contributed by atoms with Crippen LogP contribution in [0.25, 0.3) is 0 Å². The van der Waals surface area contributed by atoms with Gasteiger partial charge in [0.15, 0.2) is 0 Å². The van der Waals surface area contributed by atoms with Crippen molar-refractivity contribution in [3.8, 4) is 0 Å². The van der Waals surface area contributed by atoms with Gasteiger partial charge >= 0.3 is 0 Å². The van der Waals surface area contributed by atoms with E-state index in [9.17, 15) is 4.79 Å². The first kappa shape index (κ1) is 17.0. The number of likely N-dealkylation sites (tertiary alicyclic amines) is 1. The summed E-state index contributed by atoms with van der Waals surface area (Å²) in [7, 11) is 3.57. The SMILES string of the molecule is COCCC(=O)N(C)[C@@H]1CCN(Cc2ccccc2)C[C@H]1C. The zero-order chi connectivity index (χ0) is 15.9. The molecule has 0 aromatic heterocycles. The van der Waals surface area contributed by atoms with E-state index in [1.165, 1.54) is 5.56 Å². The Balaban J connectivity index is 1.85. The zero-order valence-corrected chi connectivity index (χ0v) is 14.0. The molecule has 1 aliphatic rings. The van der Waals surface area contributed by atoms with Crippen LogP contribution in [0.4, 0.5) is 0 Å². The van der Waals surface area contributed by atoms with Gasteiger partial charge in [-0.2, -0.15) is 0 Å². The molecule has 1 aliphatic heterocycles. The lowest BCUT2D eigenvalue weighted by atomic mass is 9.92. The molecule has 0 aliphatic carbocycles. The van der Waals surface area contributed by atoms with Crippen molar-refractivity contribution in [3.05, 3.63) is 35.9 Å². The molecule has 0 N–H and O–H groups in total. The Morgan fingerprint density at radius 2 is 2.09 bits per heavy atom. The molecule has 0 spiro atoms. The van der Waals surface area contributed by atoms with Gasteiger partial charge in [0.1, 0.15) is 0 Å². The number of piperidine rings is 1. The van der Waals surface area contributed by atoms with Gasteiger partial charge in [0.05, 0.1) is 13.0 Å². The molecule has 2 atom stereocenters. The lowest BCUT2D eigenvalue weighted by molar-refractivity contribution is -0.135. The van der Waals surface area contributed by atoms with Crippen LogP contribution in [0.2, 0.25) is 0 Å². The van der Waals surface area contributed by atoms with E-state index in [4.69, 9.17) is 4.74 Å². The summed E-state index contributed by atoms with van der Waals surface area (Å²) >= 11 is 0. The molecule has 1 aromatic rings. The van der Waals surface area contributed by atoms with Crippen LogP contribution in [-0.4, -0.2) is 55.6 Å². The fraction of sp³-hybridized carbons (Fsp3) is 0.611. The monoisotopic (exact) mass is 304 g/mol. The second kappa shape index (κ2) is 8.30. The molecule has 0 radical (unpaired) electrons. The highest BCUT2D eigenvalue weighted by atomic mass is 16.5. The number of carbonyl (C=O) groups excluding carboxylic acids is 1. The molecule has 0 unspecified atom stereocenters. The van der Waals surface area contributed by atoms with E-state index in [2.05, 4.69) is 42.2 Å². The molecule has 122 valence electrons. The molecule has 1 fully saturated rings. The standard InChI is InChI=1S/C18H28N2O2/c1-15-13-20(14-16-7-5-4-6-8-16)11-9-17(15)19(2)18(21)10-12-22-3/h4-8,15,17H,9-14H2,1-3H3/t15-,17-/m1/s1. The summed E-state index contributed by atoms with van der Waals surface area (Å²) < 4.78 is 5.00. The molecule has 4 heteroatoms. The Morgan fingerprint density at radius 1 is 1.36 bits per heavy atom. The molecule has 2 rings (SSSR count). The fourth-order valence-corrected chi connectivity index (χ4v) is 3.33. The van der Waals surface area contributed by atoms with Crippen molar-refractivity contribution in [1.29, 1.82) is 0 Å². The highest BCUT2D eigenvalue weighted by Gasteiger charge is 2.30. The maximum absolute atomic E-state index is 12.2. The topological polar surface area (TPSA) is 32.8 Å². The second-order valence-electron chi connectivity index (χ2n) is 6.30. The predicted molar refractivity (Wildman–Crippen MR) is 88.6 cm³/mol. The number of benzene rings is 1. The summed E-state index contributed by atoms with van der Waals surface area (Å²) in [6.07, 6.45) is 1.52. The molecule has 0 bridgehead atoms. The van der Waals surface area contributed by atoms with Crippen LogP contribution in [0.15, 0.2) is 30.3 Å². The smallest absolute Gasteiger partial charge is 0.224 e. The molecular weight excluding hydrogens is 276 g/mol. The Kier molecular flexibility index (Phi) is 6.40. The summed E-state index contributed by atoms with van der Waals surface area (Å²) in [6, 6.07) is 10.9. The molecular formula is C18H28N2O2. The molecule has 1 aromatic carbocycles. The Hall–Kier alpha value is -1.39. The fourth-order valence-electron chi connectivity index (χ4n) is 3.33. The van der Waals surface area contributed by atoms with E-state index in [0.717, 1.165) is 26.1 Å². The summed E-state index contributed by atoms with van der Waals surface area (Å²) in [5, 5.41) is 0. The van der Waals surface area contributed by atoms with Crippen LogP contribution in [0.1, 0.15) is 25.3 Å². The zero-order valence-electron chi connectivity index (χ0n) is 14.0. The van der Waals surface area contributed by atoms with Crippen LogP contribution in [0.3, 0.4) is 0 Å². The van der Waals surface area contributed by atoms with Crippen molar-refractivity contribution in [1.82, 2.24) is 9.80 Å². The average molecular weight is 304 g/mol. The van der Waals surface area contributed by atoms with Crippen LogP contribution < -0.4 is 0 Å². The van der Waals surface area contributed by atoms with Crippen molar-refractivity contribution in [2.24, 2.45) is 5.92 Å². The van der Waals surface area contributed by atoms with Gasteiger partial charge in [-0.3, -0.25) is 9.69 Å². The molecule has 4 nitrogen and oxygen atoms in total. The molecule has 0 saturated carbocycles. The number of methoxy groups -OCH3 is 1. The third kappa shape index (κ3) is 4.55. The van der Waals surface area contributed by atoms with Crippen LogP contribution in [0, 0.1) is 5.92 Å². The second-order valence-corrected chi connectivity index (χ2v) is 6.30. The van der Waals surface area contributed by atoms with Gasteiger partial charge in [-0.15, -0.1) is 0 Å². The first-order valence-corrected chi connectivity index (χ1v) is 8.12. The van der Waals surface area contributed by atoms with Gasteiger partial charge < -0.3 is 9.64 Å². The number of carbonyl (C=O) groups is 1. The summed E-state index contributed by atoms with van der Waals surface area (Å²) in [6.45, 7) is 5.85. The normalized spacial score (nSPS) is 22.5. The van der Waals surface area contributed by atoms with Crippen molar-refractivity contribution < 1.29 is 9.53 Å². The van der Waals surface area contributed by atoms with Crippen LogP contribution in [-0.2, 0) is 16.1 Å². The van der Waals surface area contributed by atoms with E-state index in [1.54, 1.807) is 7.11 Å². The van der Waals surface area contributed by atoms with Gasteiger partial charge in [0.25, 0.3) is 0 Å². The van der Waals surface area contributed by atoms with Gasteiger partial charge in [-0.25, -0.2) is 0 Å². The van der Waals surface area contributed by atoms with E-state index in [-0.39, 0.29) is 5.91 Å². The summed E-state index contributed by atoms with van der Waals surface area (Å²) in [4.78, 5) is 16.6. The molecule has 1 amide bonds. The lowest BCUT2D eigenvalue weighted by Gasteiger charge is -2.41. The third-order valence-corrected chi connectivity index (χ3v) is 4.60. The minimum atomic E-state index is 0.190. The highest BCUT2D eigenvalue weighted by Crippen LogP contribution is 2.23. The predicted octanol–water partition coefficient (Wildman–Crippen LogP) is 2.39. The van der Waals surface area contributed by atoms with Crippen LogP contribution >= 0.6 is 0 Å². The minimum absolute atomic E-state index is 0.190. The van der Waals surface area contributed by atoms with Gasteiger partial charge in [-0.05, 0) is 17.9 Å². The van der Waals surface area contributed by atoms with Crippen molar-refractivity contribution >= 4 is 5.91 Å². The highest BCUT2D eigenvalue weighted by molar-refractivity contribution is 5.76. The lowest BCUT2D eigenvalue weighted by Crippen LogP contribution is -2.50. The minimum Gasteiger partial charge on any atom is -0.384 e. The van der Waals surface area contributed by atoms with Gasteiger partial charge in [0.2, 0.25) is 5.91 Å². The van der Waals surface area contributed by atoms with Gasteiger partial charge in [-0.1, -0.05) is 37.3 Å².